The second kappa shape index (κ2) is 5.69. The van der Waals surface area contributed by atoms with Gasteiger partial charge in [-0.05, 0) is 73.7 Å². The molecule has 0 aromatic carbocycles. The Balaban J connectivity index is 1.65. The Morgan fingerprint density at radius 1 is 1.16 bits per heavy atom. The first-order valence-corrected chi connectivity index (χ1v) is 10.2. The summed E-state index contributed by atoms with van der Waals surface area (Å²) in [5.74, 6) is 2.72. The molecule has 0 spiro atoms. The fourth-order valence-corrected chi connectivity index (χ4v) is 7.31. The van der Waals surface area contributed by atoms with Gasteiger partial charge in [-0.3, -0.25) is 9.59 Å². The highest BCUT2D eigenvalue weighted by Gasteiger charge is 2.61. The minimum atomic E-state index is -0.132. The van der Waals surface area contributed by atoms with Crippen molar-refractivity contribution in [2.24, 2.45) is 34.5 Å². The zero-order valence-corrected chi connectivity index (χ0v) is 16.1. The number of esters is 1. The Morgan fingerprint density at radius 3 is 2.64 bits per heavy atom. The Bertz CT molecular complexity index is 635. The summed E-state index contributed by atoms with van der Waals surface area (Å²) in [6, 6.07) is 0. The highest BCUT2D eigenvalue weighted by molar-refractivity contribution is 5.91. The molecule has 0 bridgehead atoms. The number of hydrogen-bond acceptors (Lipinski definition) is 3. The summed E-state index contributed by atoms with van der Waals surface area (Å²) in [6.07, 6.45) is 9.65. The zero-order chi connectivity index (χ0) is 18.0. The first kappa shape index (κ1) is 17.3. The molecule has 138 valence electrons. The van der Waals surface area contributed by atoms with Gasteiger partial charge in [-0.2, -0.15) is 0 Å². The average molecular weight is 344 g/mol. The molecule has 0 radical (unpaired) electrons. The van der Waals surface area contributed by atoms with Gasteiger partial charge in [0.1, 0.15) is 6.10 Å². The largest absolute Gasteiger partial charge is 0.462 e. The van der Waals surface area contributed by atoms with Gasteiger partial charge in [0.2, 0.25) is 0 Å². The van der Waals surface area contributed by atoms with Crippen molar-refractivity contribution in [2.45, 2.75) is 78.7 Å². The smallest absolute Gasteiger partial charge is 0.302 e. The highest BCUT2D eigenvalue weighted by atomic mass is 16.5. The second-order valence-corrected chi connectivity index (χ2v) is 9.76. The lowest BCUT2D eigenvalue weighted by Gasteiger charge is -2.57. The molecular formula is C22H32O3. The normalized spacial score (nSPS) is 48.9. The first-order valence-electron chi connectivity index (χ1n) is 10.2. The maximum Gasteiger partial charge on any atom is 0.302 e. The van der Waals surface area contributed by atoms with Crippen LogP contribution in [0.3, 0.4) is 0 Å². The van der Waals surface area contributed by atoms with Crippen molar-refractivity contribution >= 4 is 11.8 Å². The molecule has 0 unspecified atom stereocenters. The summed E-state index contributed by atoms with van der Waals surface area (Å²) >= 11 is 0. The summed E-state index contributed by atoms with van der Waals surface area (Å²) in [7, 11) is 0. The van der Waals surface area contributed by atoms with E-state index >= 15 is 0 Å². The van der Waals surface area contributed by atoms with Gasteiger partial charge < -0.3 is 4.74 Å². The number of rotatable bonds is 1. The Hall–Kier alpha value is -1.12. The van der Waals surface area contributed by atoms with E-state index in [2.05, 4.69) is 20.8 Å². The quantitative estimate of drug-likeness (QED) is 0.648. The number of hydrogen-bond donors (Lipinski definition) is 0. The van der Waals surface area contributed by atoms with Crippen LogP contribution < -0.4 is 0 Å². The molecule has 0 heterocycles. The molecule has 7 atom stereocenters. The van der Waals surface area contributed by atoms with Gasteiger partial charge in [0, 0.05) is 18.8 Å². The van der Waals surface area contributed by atoms with Crippen molar-refractivity contribution in [1.82, 2.24) is 0 Å². The Morgan fingerprint density at radius 2 is 1.92 bits per heavy atom. The van der Waals surface area contributed by atoms with E-state index in [1.54, 1.807) is 6.92 Å². The maximum absolute atomic E-state index is 11.9. The van der Waals surface area contributed by atoms with Gasteiger partial charge >= 0.3 is 5.97 Å². The lowest BCUT2D eigenvalue weighted by molar-refractivity contribution is -0.159. The van der Waals surface area contributed by atoms with Crippen molar-refractivity contribution in [2.75, 3.05) is 0 Å². The molecule has 4 aliphatic rings. The van der Waals surface area contributed by atoms with Crippen LogP contribution >= 0.6 is 0 Å². The molecule has 0 aromatic heterocycles. The maximum atomic E-state index is 11.9. The summed E-state index contributed by atoms with van der Waals surface area (Å²) < 4.78 is 5.83. The molecule has 0 amide bonds. The van der Waals surface area contributed by atoms with Crippen LogP contribution in [0.2, 0.25) is 0 Å². The van der Waals surface area contributed by atoms with E-state index < -0.39 is 0 Å². The lowest BCUT2D eigenvalue weighted by atomic mass is 9.47. The molecule has 0 aromatic rings. The predicted molar refractivity (Wildman–Crippen MR) is 96.8 cm³/mol. The van der Waals surface area contributed by atoms with Gasteiger partial charge in [0.25, 0.3) is 0 Å². The van der Waals surface area contributed by atoms with Crippen molar-refractivity contribution in [3.8, 4) is 0 Å². The topological polar surface area (TPSA) is 43.4 Å². The minimum Gasteiger partial charge on any atom is -0.462 e. The van der Waals surface area contributed by atoms with Crippen LogP contribution in [0.15, 0.2) is 11.6 Å². The summed E-state index contributed by atoms with van der Waals surface area (Å²) in [5, 5.41) is 0. The predicted octanol–water partition coefficient (Wildman–Crippen LogP) is 4.70. The van der Waals surface area contributed by atoms with Gasteiger partial charge in [0.15, 0.2) is 5.78 Å². The number of carbonyl (C=O) groups excluding carboxylic acids is 2. The molecule has 3 heteroatoms. The third kappa shape index (κ3) is 2.44. The van der Waals surface area contributed by atoms with E-state index in [1.165, 1.54) is 24.8 Å². The van der Waals surface area contributed by atoms with Gasteiger partial charge in [-0.15, -0.1) is 0 Å². The summed E-state index contributed by atoms with van der Waals surface area (Å²) in [5.41, 5.74) is 1.78. The van der Waals surface area contributed by atoms with E-state index in [1.807, 2.05) is 6.08 Å². The van der Waals surface area contributed by atoms with Crippen LogP contribution in [0.4, 0.5) is 0 Å². The lowest BCUT2D eigenvalue weighted by Crippen LogP contribution is -2.51. The molecule has 4 rings (SSSR count). The molecule has 3 nitrogen and oxygen atoms in total. The van der Waals surface area contributed by atoms with E-state index in [4.69, 9.17) is 4.74 Å². The van der Waals surface area contributed by atoms with Crippen LogP contribution in [0.5, 0.6) is 0 Å². The fourth-order valence-electron chi connectivity index (χ4n) is 7.31. The molecule has 0 aliphatic heterocycles. The highest BCUT2D eigenvalue weighted by Crippen LogP contribution is 2.66. The van der Waals surface area contributed by atoms with E-state index in [0.717, 1.165) is 31.6 Å². The standard InChI is InChI=1S/C22H32O3/c1-13-11-19-17-6-5-15-12-16(24)7-9-21(15,3)18(17)8-10-22(19,4)20(13)25-14(2)23/h12-13,17-20H,5-11H2,1-4H3/t13-,17-,18+,19+,20-,21+,22+/m1/s1. The van der Waals surface area contributed by atoms with Crippen LogP contribution in [0, 0.1) is 34.5 Å². The molecule has 0 saturated heterocycles. The molecule has 3 fully saturated rings. The van der Waals surface area contributed by atoms with Crippen molar-refractivity contribution < 1.29 is 14.3 Å². The van der Waals surface area contributed by atoms with Gasteiger partial charge in [0.05, 0.1) is 0 Å². The number of carbonyl (C=O) groups is 2. The van der Waals surface area contributed by atoms with Gasteiger partial charge in [-0.25, -0.2) is 0 Å². The third-order valence-electron chi connectivity index (χ3n) is 8.49. The molecular weight excluding hydrogens is 312 g/mol. The Kier molecular flexibility index (Phi) is 3.94. The van der Waals surface area contributed by atoms with E-state index in [-0.39, 0.29) is 22.9 Å². The minimum absolute atomic E-state index is 0.0774. The van der Waals surface area contributed by atoms with Crippen molar-refractivity contribution in [1.29, 1.82) is 0 Å². The van der Waals surface area contributed by atoms with Gasteiger partial charge in [-0.1, -0.05) is 26.3 Å². The summed E-state index contributed by atoms with van der Waals surface area (Å²) in [6.45, 7) is 8.61. The number of ether oxygens (including phenoxy) is 1. The van der Waals surface area contributed by atoms with Crippen LogP contribution in [0.25, 0.3) is 0 Å². The average Bonchev–Trinajstić information content (AvgIpc) is 2.79. The van der Waals surface area contributed by atoms with Crippen molar-refractivity contribution in [3.05, 3.63) is 11.6 Å². The SMILES string of the molecule is CC(=O)O[C@@H]1[C@H](C)C[C@H]2[C@@H]3CCC4=CC(=O)CC[C@]4(C)[C@H]3CC[C@]12C. The fraction of sp³-hybridized carbons (Fsp3) is 0.818. The molecule has 25 heavy (non-hydrogen) atoms. The molecule has 0 N–H and O–H groups in total. The molecule has 3 saturated carbocycles. The number of allylic oxidation sites excluding steroid dienone is 1. The van der Waals surface area contributed by atoms with Crippen LogP contribution in [0.1, 0.15) is 72.6 Å². The zero-order valence-electron chi connectivity index (χ0n) is 16.1. The van der Waals surface area contributed by atoms with Crippen LogP contribution in [-0.4, -0.2) is 17.9 Å². The van der Waals surface area contributed by atoms with E-state index in [9.17, 15) is 9.59 Å². The molecule has 4 aliphatic carbocycles. The number of fused-ring (bicyclic) bond motifs is 5. The summed E-state index contributed by atoms with van der Waals surface area (Å²) in [4.78, 5) is 23.6. The van der Waals surface area contributed by atoms with Crippen molar-refractivity contribution in [3.63, 3.8) is 0 Å². The Labute approximate surface area is 151 Å². The van der Waals surface area contributed by atoms with Crippen LogP contribution in [-0.2, 0) is 14.3 Å². The third-order valence-corrected chi connectivity index (χ3v) is 8.49. The van der Waals surface area contributed by atoms with E-state index in [0.29, 0.717) is 23.5 Å². The second-order valence-electron chi connectivity index (χ2n) is 9.76. The monoisotopic (exact) mass is 344 g/mol. The number of ketones is 1. The first-order chi connectivity index (χ1) is 11.8.